The van der Waals surface area contributed by atoms with E-state index in [-0.39, 0.29) is 70.1 Å². The molecule has 0 atom stereocenters. The minimum Gasteiger partial charge on any atom is -0.449 e. The first-order valence-electron chi connectivity index (χ1n) is 5.17. The molecule has 0 aromatic heterocycles. The molecule has 0 N–H and O–H groups in total. The summed E-state index contributed by atoms with van der Waals surface area (Å²) in [6.45, 7) is -3.35. The zero-order valence-corrected chi connectivity index (χ0v) is 12.7. The average molecular weight is 252 g/mol. The van der Waals surface area contributed by atoms with Crippen molar-refractivity contribution in [3.05, 3.63) is 35.9 Å². The van der Waals surface area contributed by atoms with Gasteiger partial charge in [0.2, 0.25) is 0 Å². The summed E-state index contributed by atoms with van der Waals surface area (Å²) >= 11 is 0. The summed E-state index contributed by atoms with van der Waals surface area (Å²) in [7, 11) is 0. The Hall–Kier alpha value is 0.711. The molecule has 0 heterocycles. The number of hydrogen-bond acceptors (Lipinski definition) is 0. The molecule has 0 spiro atoms. The third-order valence-corrected chi connectivity index (χ3v) is 3.49. The van der Waals surface area contributed by atoms with Crippen molar-refractivity contribution >= 4 is 6.98 Å². The number of hydrogen-bond donors (Lipinski definition) is 0. The summed E-state index contributed by atoms with van der Waals surface area (Å²) < 4.78 is 37.9. The number of rotatable bonds is 2. The maximum absolute atomic E-state index is 12.6. The topological polar surface area (TPSA) is 0 Å². The summed E-state index contributed by atoms with van der Waals surface area (Å²) in [6.07, 6.45) is 0.501. The van der Waals surface area contributed by atoms with E-state index in [1.54, 1.807) is 0 Å². The Morgan fingerprint density at radius 2 is 1.62 bits per heavy atom. The summed E-state index contributed by atoms with van der Waals surface area (Å²) in [5, 5.41) is -1.40. The van der Waals surface area contributed by atoms with Crippen LogP contribution in [-0.2, 0) is 0 Å². The average Bonchev–Trinajstić information content (AvgIpc) is 2.12. The first-order chi connectivity index (χ1) is 6.92. The van der Waals surface area contributed by atoms with Gasteiger partial charge in [-0.15, -0.1) is 0 Å². The van der Waals surface area contributed by atoms with Gasteiger partial charge in [0, 0.05) is 0 Å². The van der Waals surface area contributed by atoms with Gasteiger partial charge in [-0.3, -0.25) is 0 Å². The summed E-state index contributed by atoms with van der Waals surface area (Å²) in [6, 6.07) is 9.46. The molecule has 5 heteroatoms. The summed E-state index contributed by atoms with van der Waals surface area (Å²) in [5.74, 6) is 0.0969. The van der Waals surface area contributed by atoms with E-state index in [2.05, 4.69) is 0 Å². The Labute approximate surface area is 136 Å². The van der Waals surface area contributed by atoms with Crippen molar-refractivity contribution in [1.82, 2.24) is 0 Å². The fourth-order valence-corrected chi connectivity index (χ4v) is 2.29. The Morgan fingerprint density at radius 1 is 1.12 bits per heavy atom. The van der Waals surface area contributed by atoms with Crippen molar-refractivity contribution in [2.24, 2.45) is 0 Å². The van der Waals surface area contributed by atoms with Gasteiger partial charge < -0.3 is 12.9 Å². The standard InChI is InChI=1S/C11H13BF3.K/c1-11(12(13,14)15)7-10(8-11)9-5-3-2-4-6-9;/h2-6,10H,7-8H2,1H3;/q-1;+1. The molecule has 1 aliphatic carbocycles. The van der Waals surface area contributed by atoms with Crippen molar-refractivity contribution in [2.75, 3.05) is 0 Å². The van der Waals surface area contributed by atoms with Gasteiger partial charge in [0.05, 0.1) is 0 Å². The molecule has 1 saturated carbocycles. The fourth-order valence-electron chi connectivity index (χ4n) is 2.29. The number of benzene rings is 1. The molecule has 0 bridgehead atoms. The van der Waals surface area contributed by atoms with E-state index in [4.69, 9.17) is 0 Å². The van der Waals surface area contributed by atoms with Crippen molar-refractivity contribution in [2.45, 2.75) is 31.0 Å². The van der Waals surface area contributed by atoms with Crippen LogP contribution in [0.4, 0.5) is 12.9 Å². The van der Waals surface area contributed by atoms with Gasteiger partial charge in [-0.25, -0.2) is 0 Å². The largest absolute Gasteiger partial charge is 1.00 e. The summed E-state index contributed by atoms with van der Waals surface area (Å²) in [5.41, 5.74) is 1.04. The van der Waals surface area contributed by atoms with Crippen LogP contribution in [0.2, 0.25) is 5.31 Å². The van der Waals surface area contributed by atoms with Crippen LogP contribution in [0.15, 0.2) is 30.3 Å². The van der Waals surface area contributed by atoms with Crippen molar-refractivity contribution in [1.29, 1.82) is 0 Å². The molecule has 0 nitrogen and oxygen atoms in total. The molecule has 0 aliphatic heterocycles. The van der Waals surface area contributed by atoms with Crippen LogP contribution < -0.4 is 51.4 Å². The monoisotopic (exact) mass is 252 g/mol. The maximum Gasteiger partial charge on any atom is 1.00 e. The van der Waals surface area contributed by atoms with Crippen LogP contribution >= 0.6 is 0 Å². The van der Waals surface area contributed by atoms with Crippen molar-refractivity contribution < 1.29 is 64.3 Å². The van der Waals surface area contributed by atoms with E-state index in [0.29, 0.717) is 0 Å². The van der Waals surface area contributed by atoms with Gasteiger partial charge >= 0.3 is 58.4 Å². The minimum absolute atomic E-state index is 0. The van der Waals surface area contributed by atoms with Gasteiger partial charge in [-0.05, 0) is 11.5 Å². The second-order valence-electron chi connectivity index (χ2n) is 4.74. The maximum atomic E-state index is 12.6. The molecular formula is C11H13BF3K. The van der Waals surface area contributed by atoms with Crippen LogP contribution in [0, 0.1) is 0 Å². The fraction of sp³-hybridized carbons (Fsp3) is 0.455. The Kier molecular flexibility index (Phi) is 4.75. The van der Waals surface area contributed by atoms with E-state index < -0.39 is 12.3 Å². The Balaban J connectivity index is 0.00000128. The number of halogens is 3. The molecule has 1 aromatic carbocycles. The van der Waals surface area contributed by atoms with Crippen molar-refractivity contribution in [3.63, 3.8) is 0 Å². The zero-order chi connectivity index (χ0) is 11.1. The van der Waals surface area contributed by atoms with Gasteiger partial charge in [0.1, 0.15) is 0 Å². The van der Waals surface area contributed by atoms with E-state index in [9.17, 15) is 12.9 Å². The smallest absolute Gasteiger partial charge is 0.449 e. The first kappa shape index (κ1) is 14.8. The third kappa shape index (κ3) is 2.75. The van der Waals surface area contributed by atoms with Gasteiger partial charge in [-0.2, -0.15) is 0 Å². The molecule has 0 unspecified atom stereocenters. The second-order valence-corrected chi connectivity index (χ2v) is 4.74. The van der Waals surface area contributed by atoms with Gasteiger partial charge in [-0.1, -0.05) is 55.4 Å². The first-order valence-corrected chi connectivity index (χ1v) is 5.17. The molecule has 0 saturated heterocycles. The van der Waals surface area contributed by atoms with Crippen LogP contribution in [0.1, 0.15) is 31.2 Å². The van der Waals surface area contributed by atoms with Crippen LogP contribution in [0.25, 0.3) is 0 Å². The van der Waals surface area contributed by atoms with Crippen molar-refractivity contribution in [3.8, 4) is 0 Å². The molecule has 1 fully saturated rings. The molecular weight excluding hydrogens is 239 g/mol. The Bertz CT molecular complexity index is 344. The molecule has 2 rings (SSSR count). The normalized spacial score (nSPS) is 29.1. The molecule has 0 radical (unpaired) electrons. The van der Waals surface area contributed by atoms with E-state index in [1.807, 2.05) is 30.3 Å². The van der Waals surface area contributed by atoms with Crippen LogP contribution in [-0.4, -0.2) is 6.98 Å². The predicted octanol–water partition coefficient (Wildman–Crippen LogP) is 1.18. The van der Waals surface area contributed by atoms with E-state index in [0.717, 1.165) is 5.56 Å². The summed E-state index contributed by atoms with van der Waals surface area (Å²) in [4.78, 5) is 0. The predicted molar refractivity (Wildman–Crippen MR) is 55.9 cm³/mol. The zero-order valence-electron chi connectivity index (χ0n) is 9.59. The minimum atomic E-state index is -4.69. The molecule has 0 amide bonds. The molecule has 16 heavy (non-hydrogen) atoms. The molecule has 82 valence electrons. The van der Waals surface area contributed by atoms with Gasteiger partial charge in [0.15, 0.2) is 0 Å². The Morgan fingerprint density at radius 3 is 2.06 bits per heavy atom. The van der Waals surface area contributed by atoms with E-state index >= 15 is 0 Å². The quantitative estimate of drug-likeness (QED) is 0.693. The third-order valence-electron chi connectivity index (χ3n) is 3.49. The van der Waals surface area contributed by atoms with Crippen LogP contribution in [0.5, 0.6) is 0 Å². The molecule has 1 aromatic rings. The van der Waals surface area contributed by atoms with Crippen LogP contribution in [0.3, 0.4) is 0 Å². The molecule has 1 aliphatic rings. The van der Waals surface area contributed by atoms with Gasteiger partial charge in [0.25, 0.3) is 0 Å². The SMILES string of the molecule is CC1([B-](F)(F)F)CC(c2ccccc2)C1.[K+]. The van der Waals surface area contributed by atoms with E-state index in [1.165, 1.54) is 6.92 Å². The second kappa shape index (κ2) is 5.14.